The van der Waals surface area contributed by atoms with Gasteiger partial charge in [-0.2, -0.15) is 0 Å². The Morgan fingerprint density at radius 2 is 1.65 bits per heavy atom. The van der Waals surface area contributed by atoms with Crippen molar-refractivity contribution < 1.29 is 9.47 Å². The van der Waals surface area contributed by atoms with Gasteiger partial charge in [0.05, 0.1) is 18.9 Å². The van der Waals surface area contributed by atoms with E-state index in [-0.39, 0.29) is 0 Å². The smallest absolute Gasteiger partial charge is 0.161 e. The third-order valence-corrected chi connectivity index (χ3v) is 4.16. The fourth-order valence-electron chi connectivity index (χ4n) is 2.25. The van der Waals surface area contributed by atoms with Crippen LogP contribution in [0.15, 0.2) is 48.1 Å². The lowest BCUT2D eigenvalue weighted by Gasteiger charge is -2.11. The van der Waals surface area contributed by atoms with Gasteiger partial charge in [0.1, 0.15) is 5.01 Å². The zero-order chi connectivity index (χ0) is 16.1. The molecule has 0 aliphatic carbocycles. The zero-order valence-electron chi connectivity index (χ0n) is 13.2. The van der Waals surface area contributed by atoms with Crippen LogP contribution >= 0.6 is 11.3 Å². The van der Waals surface area contributed by atoms with Gasteiger partial charge in [0.25, 0.3) is 0 Å². The first-order chi connectivity index (χ1) is 11.3. The number of aromatic nitrogens is 2. The Labute approximate surface area is 139 Å². The molecule has 0 N–H and O–H groups in total. The predicted molar refractivity (Wildman–Crippen MR) is 93.1 cm³/mol. The molecular formula is C18H18N2O2S. The van der Waals surface area contributed by atoms with Crippen molar-refractivity contribution in [1.82, 2.24) is 9.97 Å². The number of hydrogen-bond donors (Lipinski definition) is 0. The van der Waals surface area contributed by atoms with E-state index in [9.17, 15) is 0 Å². The number of rotatable bonds is 6. The number of thiazole rings is 1. The molecule has 0 amide bonds. The van der Waals surface area contributed by atoms with Crippen molar-refractivity contribution in [3.8, 4) is 33.3 Å². The summed E-state index contributed by atoms with van der Waals surface area (Å²) in [5.41, 5.74) is 3.06. The largest absolute Gasteiger partial charge is 0.490 e. The quantitative estimate of drug-likeness (QED) is 0.660. The molecule has 1 aromatic carbocycles. The average molecular weight is 326 g/mol. The number of benzene rings is 1. The van der Waals surface area contributed by atoms with Crippen LogP contribution in [0.5, 0.6) is 11.5 Å². The lowest BCUT2D eigenvalue weighted by molar-refractivity contribution is 0.288. The van der Waals surface area contributed by atoms with Gasteiger partial charge in [0.15, 0.2) is 11.5 Å². The van der Waals surface area contributed by atoms with Crippen LogP contribution in [-0.4, -0.2) is 23.2 Å². The highest BCUT2D eigenvalue weighted by molar-refractivity contribution is 7.13. The lowest BCUT2D eigenvalue weighted by Crippen LogP contribution is -1.98. The SMILES string of the molecule is CCOc1ccc(-c2nc(-c3ccncc3)cs2)cc1OCC. The number of ether oxygens (including phenoxy) is 2. The van der Waals surface area contributed by atoms with Crippen LogP contribution in [0.4, 0.5) is 0 Å². The minimum atomic E-state index is 0.601. The second-order valence-corrected chi connectivity index (χ2v) is 5.66. The maximum Gasteiger partial charge on any atom is 0.161 e. The van der Waals surface area contributed by atoms with Gasteiger partial charge in [-0.25, -0.2) is 4.98 Å². The van der Waals surface area contributed by atoms with Crippen LogP contribution in [-0.2, 0) is 0 Å². The maximum absolute atomic E-state index is 5.69. The Kier molecular flexibility index (Phi) is 4.88. The van der Waals surface area contributed by atoms with Crippen molar-refractivity contribution in [2.45, 2.75) is 13.8 Å². The normalized spacial score (nSPS) is 10.5. The number of hydrogen-bond acceptors (Lipinski definition) is 5. The monoisotopic (exact) mass is 326 g/mol. The Hall–Kier alpha value is -2.40. The van der Waals surface area contributed by atoms with E-state index in [1.54, 1.807) is 23.7 Å². The number of pyridine rings is 1. The molecule has 0 spiro atoms. The Morgan fingerprint density at radius 1 is 0.913 bits per heavy atom. The Balaban J connectivity index is 1.93. The molecule has 2 heterocycles. The molecule has 4 nitrogen and oxygen atoms in total. The summed E-state index contributed by atoms with van der Waals surface area (Å²) in [6, 6.07) is 9.87. The zero-order valence-corrected chi connectivity index (χ0v) is 14.0. The molecule has 23 heavy (non-hydrogen) atoms. The van der Waals surface area contributed by atoms with Gasteiger partial charge in [-0.05, 0) is 44.2 Å². The highest BCUT2D eigenvalue weighted by Crippen LogP contribution is 2.35. The van der Waals surface area contributed by atoms with Crippen LogP contribution < -0.4 is 9.47 Å². The van der Waals surface area contributed by atoms with E-state index in [4.69, 9.17) is 14.5 Å². The third-order valence-electron chi connectivity index (χ3n) is 3.27. The highest BCUT2D eigenvalue weighted by atomic mass is 32.1. The van der Waals surface area contributed by atoms with Gasteiger partial charge >= 0.3 is 0 Å². The first kappa shape index (κ1) is 15.5. The van der Waals surface area contributed by atoms with Crippen molar-refractivity contribution in [3.63, 3.8) is 0 Å². The summed E-state index contributed by atoms with van der Waals surface area (Å²) in [5.74, 6) is 1.52. The molecule has 3 aromatic rings. The van der Waals surface area contributed by atoms with Crippen LogP contribution in [0.2, 0.25) is 0 Å². The topological polar surface area (TPSA) is 44.2 Å². The Bertz CT molecular complexity index is 772. The molecule has 3 rings (SSSR count). The van der Waals surface area contributed by atoms with E-state index in [2.05, 4.69) is 10.4 Å². The summed E-state index contributed by atoms with van der Waals surface area (Å²) in [5, 5.41) is 3.02. The molecule has 5 heteroatoms. The molecule has 0 atom stereocenters. The van der Waals surface area contributed by atoms with Gasteiger partial charge in [-0.1, -0.05) is 0 Å². The van der Waals surface area contributed by atoms with Crippen molar-refractivity contribution in [3.05, 3.63) is 48.1 Å². The van der Waals surface area contributed by atoms with E-state index in [0.717, 1.165) is 33.3 Å². The molecule has 0 aliphatic heterocycles. The summed E-state index contributed by atoms with van der Waals surface area (Å²) in [6.07, 6.45) is 3.55. The molecule has 0 fully saturated rings. The van der Waals surface area contributed by atoms with Crippen LogP contribution in [0.3, 0.4) is 0 Å². The van der Waals surface area contributed by atoms with Crippen LogP contribution in [0.1, 0.15) is 13.8 Å². The van der Waals surface area contributed by atoms with Crippen molar-refractivity contribution >= 4 is 11.3 Å². The first-order valence-electron chi connectivity index (χ1n) is 7.57. The van der Waals surface area contributed by atoms with Gasteiger partial charge in [-0.15, -0.1) is 11.3 Å². The van der Waals surface area contributed by atoms with E-state index >= 15 is 0 Å². The summed E-state index contributed by atoms with van der Waals surface area (Å²) >= 11 is 1.62. The highest BCUT2D eigenvalue weighted by Gasteiger charge is 2.11. The second kappa shape index (κ2) is 7.24. The predicted octanol–water partition coefficient (Wildman–Crippen LogP) is 4.67. The Morgan fingerprint density at radius 3 is 2.39 bits per heavy atom. The van der Waals surface area contributed by atoms with E-state index < -0.39 is 0 Å². The van der Waals surface area contributed by atoms with Crippen LogP contribution in [0, 0.1) is 0 Å². The minimum Gasteiger partial charge on any atom is -0.490 e. The van der Waals surface area contributed by atoms with Crippen LogP contribution in [0.25, 0.3) is 21.8 Å². The van der Waals surface area contributed by atoms with Gasteiger partial charge in [0.2, 0.25) is 0 Å². The maximum atomic E-state index is 5.69. The van der Waals surface area contributed by atoms with Crippen molar-refractivity contribution in [2.24, 2.45) is 0 Å². The summed E-state index contributed by atoms with van der Waals surface area (Å²) < 4.78 is 11.3. The average Bonchev–Trinajstić information content (AvgIpc) is 3.08. The molecule has 0 radical (unpaired) electrons. The fourth-order valence-corrected chi connectivity index (χ4v) is 3.07. The van der Waals surface area contributed by atoms with Crippen molar-refractivity contribution in [1.29, 1.82) is 0 Å². The third kappa shape index (κ3) is 3.51. The molecule has 118 valence electrons. The fraction of sp³-hybridized carbons (Fsp3) is 0.222. The molecular weight excluding hydrogens is 308 g/mol. The van der Waals surface area contributed by atoms with E-state index in [1.807, 2.05) is 44.2 Å². The van der Waals surface area contributed by atoms with Crippen molar-refractivity contribution in [2.75, 3.05) is 13.2 Å². The minimum absolute atomic E-state index is 0.601. The summed E-state index contributed by atoms with van der Waals surface area (Å²) in [7, 11) is 0. The van der Waals surface area contributed by atoms with E-state index in [0.29, 0.717) is 13.2 Å². The molecule has 0 aliphatic rings. The molecule has 0 unspecified atom stereocenters. The number of nitrogens with zero attached hydrogens (tertiary/aromatic N) is 2. The standard InChI is InChI=1S/C18H18N2O2S/c1-3-21-16-6-5-14(11-17(16)22-4-2)18-20-15(12-23-18)13-7-9-19-10-8-13/h5-12H,3-4H2,1-2H3. The molecule has 2 aromatic heterocycles. The molecule has 0 saturated carbocycles. The van der Waals surface area contributed by atoms with Gasteiger partial charge in [0, 0.05) is 28.9 Å². The van der Waals surface area contributed by atoms with E-state index in [1.165, 1.54) is 0 Å². The lowest BCUT2D eigenvalue weighted by atomic mass is 10.2. The second-order valence-electron chi connectivity index (χ2n) is 4.80. The summed E-state index contributed by atoms with van der Waals surface area (Å²) in [4.78, 5) is 8.76. The first-order valence-corrected chi connectivity index (χ1v) is 8.45. The van der Waals surface area contributed by atoms with Gasteiger partial charge in [-0.3, -0.25) is 4.98 Å². The summed E-state index contributed by atoms with van der Waals surface area (Å²) in [6.45, 7) is 5.14. The molecule has 0 bridgehead atoms. The molecule has 0 saturated heterocycles. The van der Waals surface area contributed by atoms with Gasteiger partial charge < -0.3 is 9.47 Å².